The first-order chi connectivity index (χ1) is 12.7. The molecule has 134 valence electrons. The molecular weight excluding hydrogens is 354 g/mol. The van der Waals surface area contributed by atoms with E-state index in [1.165, 1.54) is 0 Å². The summed E-state index contributed by atoms with van der Waals surface area (Å²) >= 11 is 6.03. The number of nitrogens with one attached hydrogen (secondary N) is 2. The summed E-state index contributed by atoms with van der Waals surface area (Å²) in [5.74, 6) is 0.611. The number of hydrogen-bond acceptors (Lipinski definition) is 6. The van der Waals surface area contributed by atoms with Crippen LogP contribution >= 0.6 is 11.6 Å². The molecule has 0 radical (unpaired) electrons. The number of piperidine rings is 1. The number of amides is 1. The molecule has 4 rings (SSSR count). The Labute approximate surface area is 155 Å². The van der Waals surface area contributed by atoms with Crippen molar-refractivity contribution in [2.24, 2.45) is 5.92 Å². The van der Waals surface area contributed by atoms with Crippen LogP contribution in [0.1, 0.15) is 18.5 Å². The summed E-state index contributed by atoms with van der Waals surface area (Å²) in [4.78, 5) is 34.6. The number of H-pyrrole nitrogens is 1. The zero-order chi connectivity index (χ0) is 17.9. The Bertz CT molecular complexity index is 914. The molecule has 4 heterocycles. The van der Waals surface area contributed by atoms with Gasteiger partial charge in [0.1, 0.15) is 5.52 Å². The van der Waals surface area contributed by atoms with Crippen molar-refractivity contribution in [3.05, 3.63) is 41.7 Å². The van der Waals surface area contributed by atoms with Gasteiger partial charge < -0.3 is 15.2 Å². The highest BCUT2D eigenvalue weighted by Crippen LogP contribution is 2.27. The highest BCUT2D eigenvalue weighted by molar-refractivity contribution is 6.28. The van der Waals surface area contributed by atoms with Crippen molar-refractivity contribution in [2.45, 2.75) is 19.4 Å². The fourth-order valence-corrected chi connectivity index (χ4v) is 3.39. The van der Waals surface area contributed by atoms with E-state index in [-0.39, 0.29) is 17.1 Å². The van der Waals surface area contributed by atoms with Gasteiger partial charge in [0.15, 0.2) is 11.5 Å². The summed E-state index contributed by atoms with van der Waals surface area (Å²) in [7, 11) is 0. The fraction of sp³-hybridized carbons (Fsp3) is 0.353. The highest BCUT2D eigenvalue weighted by atomic mass is 35.5. The number of carbonyl (C=O) groups is 1. The maximum absolute atomic E-state index is 12.6. The Kier molecular flexibility index (Phi) is 4.66. The highest BCUT2D eigenvalue weighted by Gasteiger charge is 2.28. The third-order valence-electron chi connectivity index (χ3n) is 4.50. The normalized spacial score (nSPS) is 17.4. The Balaban J connectivity index is 1.47. The zero-order valence-electron chi connectivity index (χ0n) is 14.0. The third kappa shape index (κ3) is 3.45. The molecule has 1 atom stereocenters. The van der Waals surface area contributed by atoms with E-state index in [9.17, 15) is 4.79 Å². The molecule has 9 heteroatoms. The fourth-order valence-electron chi connectivity index (χ4n) is 3.23. The van der Waals surface area contributed by atoms with Crippen LogP contribution in [0.5, 0.6) is 0 Å². The molecule has 1 saturated heterocycles. The predicted molar refractivity (Wildman–Crippen MR) is 97.7 cm³/mol. The summed E-state index contributed by atoms with van der Waals surface area (Å²) in [6.45, 7) is 1.82. The molecule has 0 unspecified atom stereocenters. The number of aromatic nitrogens is 5. The van der Waals surface area contributed by atoms with Gasteiger partial charge in [0.2, 0.25) is 11.2 Å². The van der Waals surface area contributed by atoms with E-state index in [0.717, 1.165) is 30.6 Å². The number of imidazole rings is 1. The summed E-state index contributed by atoms with van der Waals surface area (Å²) in [5.41, 5.74) is 2.11. The number of pyridine rings is 1. The second-order valence-corrected chi connectivity index (χ2v) is 6.58. The van der Waals surface area contributed by atoms with Gasteiger partial charge in [-0.3, -0.25) is 9.78 Å². The molecule has 1 fully saturated rings. The first kappa shape index (κ1) is 16.7. The van der Waals surface area contributed by atoms with Gasteiger partial charge in [0, 0.05) is 19.3 Å². The molecule has 0 spiro atoms. The quantitative estimate of drug-likeness (QED) is 0.680. The van der Waals surface area contributed by atoms with Crippen LogP contribution in [0.25, 0.3) is 11.2 Å². The Morgan fingerprint density at radius 1 is 1.35 bits per heavy atom. The number of carbonyl (C=O) groups excluding carboxylic acids is 1. The van der Waals surface area contributed by atoms with Crippen LogP contribution in [0.15, 0.2) is 30.7 Å². The van der Waals surface area contributed by atoms with Crippen molar-refractivity contribution in [3.63, 3.8) is 0 Å². The second-order valence-electron chi connectivity index (χ2n) is 6.24. The predicted octanol–water partition coefficient (Wildman–Crippen LogP) is 1.93. The van der Waals surface area contributed by atoms with E-state index < -0.39 is 0 Å². The molecule has 3 aromatic heterocycles. The number of nitrogens with zero attached hydrogens (tertiary/aromatic N) is 5. The van der Waals surface area contributed by atoms with Gasteiger partial charge in [-0.2, -0.15) is 9.97 Å². The summed E-state index contributed by atoms with van der Waals surface area (Å²) in [6, 6.07) is 5.66. The van der Waals surface area contributed by atoms with Crippen molar-refractivity contribution in [3.8, 4) is 0 Å². The molecule has 0 aliphatic carbocycles. The number of hydrogen-bond donors (Lipinski definition) is 2. The lowest BCUT2D eigenvalue weighted by atomic mass is 9.97. The molecule has 1 aliphatic rings. The molecule has 0 bridgehead atoms. The molecule has 1 aliphatic heterocycles. The lowest BCUT2D eigenvalue weighted by Gasteiger charge is -2.33. The van der Waals surface area contributed by atoms with Gasteiger partial charge in [-0.25, -0.2) is 4.98 Å². The number of halogens is 1. The van der Waals surface area contributed by atoms with E-state index in [1.807, 2.05) is 18.2 Å². The summed E-state index contributed by atoms with van der Waals surface area (Å²) in [5, 5.41) is 3.13. The minimum Gasteiger partial charge on any atom is -0.354 e. The minimum atomic E-state index is -0.112. The third-order valence-corrected chi connectivity index (χ3v) is 4.67. The van der Waals surface area contributed by atoms with Gasteiger partial charge in [0.25, 0.3) is 0 Å². The van der Waals surface area contributed by atoms with Crippen LogP contribution in [0.2, 0.25) is 5.28 Å². The minimum absolute atomic E-state index is 0.0290. The monoisotopic (exact) mass is 371 g/mol. The molecule has 2 N–H and O–H groups in total. The molecule has 26 heavy (non-hydrogen) atoms. The number of rotatable bonds is 4. The number of anilines is 1. The standard InChI is InChI=1S/C17H18ClN7O/c18-17-23-14-13(21-10-22-14)15(24-17)25-7-3-4-11(9-25)16(26)20-8-12-5-1-2-6-19-12/h1-2,5-6,10-11H,3-4,7-9H2,(H,20,26)(H,21,22,23,24)/t11-/m1/s1. The van der Waals surface area contributed by atoms with Crippen LogP contribution in [0, 0.1) is 5.92 Å². The van der Waals surface area contributed by atoms with Crippen LogP contribution in [0.3, 0.4) is 0 Å². The largest absolute Gasteiger partial charge is 0.354 e. The van der Waals surface area contributed by atoms with Crippen molar-refractivity contribution in [2.75, 3.05) is 18.0 Å². The molecule has 0 saturated carbocycles. The molecular formula is C17H18ClN7O. The van der Waals surface area contributed by atoms with E-state index >= 15 is 0 Å². The van der Waals surface area contributed by atoms with Crippen LogP contribution in [0.4, 0.5) is 5.82 Å². The lowest BCUT2D eigenvalue weighted by Crippen LogP contribution is -2.43. The maximum atomic E-state index is 12.6. The Hall–Kier alpha value is -2.74. The van der Waals surface area contributed by atoms with Crippen molar-refractivity contribution in [1.82, 2.24) is 30.2 Å². The van der Waals surface area contributed by atoms with E-state index in [2.05, 4.69) is 35.1 Å². The number of fused-ring (bicyclic) bond motifs is 1. The average molecular weight is 372 g/mol. The van der Waals surface area contributed by atoms with E-state index in [0.29, 0.717) is 24.6 Å². The first-order valence-corrected chi connectivity index (χ1v) is 8.87. The van der Waals surface area contributed by atoms with Crippen molar-refractivity contribution < 1.29 is 4.79 Å². The topological polar surface area (TPSA) is 99.7 Å². The average Bonchev–Trinajstić information content (AvgIpc) is 3.14. The Morgan fingerprint density at radius 2 is 2.27 bits per heavy atom. The van der Waals surface area contributed by atoms with Crippen LogP contribution in [-0.2, 0) is 11.3 Å². The van der Waals surface area contributed by atoms with Crippen LogP contribution < -0.4 is 10.2 Å². The lowest BCUT2D eigenvalue weighted by molar-refractivity contribution is -0.125. The van der Waals surface area contributed by atoms with Gasteiger partial charge in [-0.15, -0.1) is 0 Å². The molecule has 3 aromatic rings. The van der Waals surface area contributed by atoms with E-state index in [1.54, 1.807) is 12.5 Å². The van der Waals surface area contributed by atoms with E-state index in [4.69, 9.17) is 11.6 Å². The molecule has 8 nitrogen and oxygen atoms in total. The SMILES string of the molecule is O=C(NCc1ccccn1)[C@@H]1CCCN(c2nc(Cl)nc3nc[nH]c23)C1. The molecule has 0 aromatic carbocycles. The summed E-state index contributed by atoms with van der Waals surface area (Å²) in [6.07, 6.45) is 5.03. The van der Waals surface area contributed by atoms with Crippen molar-refractivity contribution >= 4 is 34.5 Å². The molecule has 1 amide bonds. The zero-order valence-corrected chi connectivity index (χ0v) is 14.8. The van der Waals surface area contributed by atoms with Crippen molar-refractivity contribution in [1.29, 1.82) is 0 Å². The Morgan fingerprint density at radius 3 is 3.12 bits per heavy atom. The van der Waals surface area contributed by atoms with Crippen LogP contribution in [-0.4, -0.2) is 43.9 Å². The van der Waals surface area contributed by atoms with Gasteiger partial charge in [0.05, 0.1) is 24.5 Å². The summed E-state index contributed by atoms with van der Waals surface area (Å²) < 4.78 is 0. The first-order valence-electron chi connectivity index (χ1n) is 8.50. The van der Waals surface area contributed by atoms with Gasteiger partial charge >= 0.3 is 0 Å². The van der Waals surface area contributed by atoms with Gasteiger partial charge in [-0.05, 0) is 36.6 Å². The number of aromatic amines is 1. The smallest absolute Gasteiger partial charge is 0.226 e. The maximum Gasteiger partial charge on any atom is 0.226 e. The second kappa shape index (κ2) is 7.25. The van der Waals surface area contributed by atoms with Gasteiger partial charge in [-0.1, -0.05) is 6.07 Å².